The molecule has 3 aromatic heterocycles. The zero-order valence-electron chi connectivity index (χ0n) is 19.8. The SMILES string of the molecule is COc1cc2nc(N)n3nc([C@@H]4CCCN(c5cn(C(C)(C)CO)nc5C)C4)nc3c2cc1F. The Balaban J connectivity index is 1.50. The molecule has 0 amide bonds. The van der Waals surface area contributed by atoms with E-state index in [1.165, 1.54) is 23.8 Å². The zero-order chi connectivity index (χ0) is 24.2. The Hall–Kier alpha value is -3.47. The molecule has 34 heavy (non-hydrogen) atoms. The molecule has 11 heteroatoms. The molecule has 4 heterocycles. The van der Waals surface area contributed by atoms with Crippen LogP contribution in [0.3, 0.4) is 0 Å². The highest BCUT2D eigenvalue weighted by molar-refractivity contribution is 5.93. The van der Waals surface area contributed by atoms with Gasteiger partial charge in [0.25, 0.3) is 0 Å². The Bertz CT molecular complexity index is 1380. The smallest absolute Gasteiger partial charge is 0.223 e. The quantitative estimate of drug-likeness (QED) is 0.459. The lowest BCUT2D eigenvalue weighted by molar-refractivity contribution is 0.152. The summed E-state index contributed by atoms with van der Waals surface area (Å²) in [6.07, 6.45) is 3.89. The zero-order valence-corrected chi connectivity index (χ0v) is 19.8. The fraction of sp³-hybridized carbons (Fsp3) is 0.478. The second-order valence-electron chi connectivity index (χ2n) is 9.48. The van der Waals surface area contributed by atoms with E-state index in [1.54, 1.807) is 0 Å². The van der Waals surface area contributed by atoms with Crippen LogP contribution in [0.5, 0.6) is 5.75 Å². The van der Waals surface area contributed by atoms with E-state index in [4.69, 9.17) is 15.5 Å². The van der Waals surface area contributed by atoms with Crippen LogP contribution in [0.2, 0.25) is 0 Å². The molecule has 1 aromatic carbocycles. The monoisotopic (exact) mass is 468 g/mol. The number of piperidine rings is 1. The first-order valence-corrected chi connectivity index (χ1v) is 11.3. The van der Waals surface area contributed by atoms with Crippen molar-refractivity contribution >= 4 is 28.2 Å². The van der Waals surface area contributed by atoms with E-state index in [1.807, 2.05) is 31.6 Å². The summed E-state index contributed by atoms with van der Waals surface area (Å²) in [6, 6.07) is 2.88. The first kappa shape index (κ1) is 22.3. The maximum Gasteiger partial charge on any atom is 0.223 e. The van der Waals surface area contributed by atoms with Gasteiger partial charge in [-0.1, -0.05) is 0 Å². The second kappa shape index (κ2) is 8.08. The Morgan fingerprint density at radius 1 is 1.26 bits per heavy atom. The third-order valence-electron chi connectivity index (χ3n) is 6.59. The van der Waals surface area contributed by atoms with E-state index < -0.39 is 11.4 Å². The minimum Gasteiger partial charge on any atom is -0.494 e. The number of aryl methyl sites for hydroxylation is 1. The molecule has 1 aliphatic rings. The van der Waals surface area contributed by atoms with Crippen molar-refractivity contribution in [1.29, 1.82) is 0 Å². The number of hydrogen-bond acceptors (Lipinski definition) is 8. The van der Waals surface area contributed by atoms with Gasteiger partial charge in [0, 0.05) is 36.7 Å². The van der Waals surface area contributed by atoms with Crippen molar-refractivity contribution in [2.24, 2.45) is 0 Å². The van der Waals surface area contributed by atoms with Gasteiger partial charge in [-0.25, -0.2) is 14.4 Å². The number of hydrogen-bond donors (Lipinski definition) is 2. The van der Waals surface area contributed by atoms with Crippen LogP contribution in [0.25, 0.3) is 16.6 Å². The third kappa shape index (κ3) is 3.60. The average Bonchev–Trinajstić information content (AvgIpc) is 3.45. The summed E-state index contributed by atoms with van der Waals surface area (Å²) in [6.45, 7) is 7.49. The number of methoxy groups -OCH3 is 1. The minimum atomic E-state index is -0.491. The summed E-state index contributed by atoms with van der Waals surface area (Å²) in [5.41, 5.74) is 8.61. The summed E-state index contributed by atoms with van der Waals surface area (Å²) in [4.78, 5) is 11.4. The summed E-state index contributed by atoms with van der Waals surface area (Å²) >= 11 is 0. The number of rotatable bonds is 5. The molecule has 3 N–H and O–H groups in total. The molecule has 0 bridgehead atoms. The highest BCUT2D eigenvalue weighted by Crippen LogP contribution is 2.33. The van der Waals surface area contributed by atoms with E-state index >= 15 is 0 Å². The largest absolute Gasteiger partial charge is 0.494 e. The van der Waals surface area contributed by atoms with E-state index in [-0.39, 0.29) is 24.2 Å². The van der Waals surface area contributed by atoms with E-state index in [9.17, 15) is 9.50 Å². The molecule has 0 radical (unpaired) electrons. The molecule has 180 valence electrons. The summed E-state index contributed by atoms with van der Waals surface area (Å²) in [5, 5.41) is 19.5. The van der Waals surface area contributed by atoms with E-state index in [0.717, 1.165) is 37.3 Å². The van der Waals surface area contributed by atoms with Gasteiger partial charge < -0.3 is 20.5 Å². The number of aromatic nitrogens is 6. The number of aliphatic hydroxyl groups excluding tert-OH is 1. The lowest BCUT2D eigenvalue weighted by Gasteiger charge is -2.32. The van der Waals surface area contributed by atoms with Crippen LogP contribution in [0, 0.1) is 12.7 Å². The number of halogens is 1. The Kier molecular flexibility index (Phi) is 5.31. The van der Waals surface area contributed by atoms with Gasteiger partial charge in [0.1, 0.15) is 0 Å². The molecule has 1 atom stereocenters. The van der Waals surface area contributed by atoms with E-state index in [0.29, 0.717) is 22.4 Å². The molecule has 5 rings (SSSR count). The molecular formula is C23H29FN8O2. The molecule has 0 aliphatic carbocycles. The van der Waals surface area contributed by atoms with Gasteiger partial charge >= 0.3 is 0 Å². The molecule has 0 saturated carbocycles. The van der Waals surface area contributed by atoms with Gasteiger partial charge in [0.05, 0.1) is 36.2 Å². The number of nitrogens with zero attached hydrogens (tertiary/aromatic N) is 7. The van der Waals surface area contributed by atoms with Crippen molar-refractivity contribution in [3.8, 4) is 5.75 Å². The fourth-order valence-electron chi connectivity index (χ4n) is 4.53. The number of fused-ring (bicyclic) bond motifs is 3. The number of nitrogen functional groups attached to an aromatic ring is 1. The lowest BCUT2D eigenvalue weighted by atomic mass is 9.97. The Labute approximate surface area is 196 Å². The molecule has 1 fully saturated rings. The normalized spacial score (nSPS) is 17.1. The first-order chi connectivity index (χ1) is 16.2. The average molecular weight is 469 g/mol. The predicted molar refractivity (Wildman–Crippen MR) is 127 cm³/mol. The Morgan fingerprint density at radius 2 is 2.06 bits per heavy atom. The van der Waals surface area contributed by atoms with Gasteiger partial charge in [-0.15, -0.1) is 5.10 Å². The van der Waals surface area contributed by atoms with Crippen LogP contribution < -0.4 is 15.4 Å². The van der Waals surface area contributed by atoms with Crippen molar-refractivity contribution in [2.45, 2.75) is 45.1 Å². The molecule has 4 aromatic rings. The summed E-state index contributed by atoms with van der Waals surface area (Å²) in [5.74, 6) is 0.523. The molecule has 1 aliphatic heterocycles. The minimum absolute atomic E-state index is 0.00274. The molecule has 0 unspecified atom stereocenters. The third-order valence-corrected chi connectivity index (χ3v) is 6.59. The van der Waals surface area contributed by atoms with Crippen molar-refractivity contribution in [3.05, 3.63) is 35.7 Å². The van der Waals surface area contributed by atoms with Gasteiger partial charge in [0.2, 0.25) is 5.95 Å². The van der Waals surface area contributed by atoms with Crippen molar-refractivity contribution in [3.63, 3.8) is 0 Å². The lowest BCUT2D eigenvalue weighted by Crippen LogP contribution is -2.35. The van der Waals surface area contributed by atoms with Crippen LogP contribution in [0.1, 0.15) is 44.1 Å². The molecule has 1 saturated heterocycles. The molecular weight excluding hydrogens is 439 g/mol. The van der Waals surface area contributed by atoms with Gasteiger partial charge in [-0.2, -0.15) is 9.61 Å². The van der Waals surface area contributed by atoms with Crippen LogP contribution in [-0.2, 0) is 5.54 Å². The number of ether oxygens (including phenoxy) is 1. The maximum atomic E-state index is 14.4. The second-order valence-corrected chi connectivity index (χ2v) is 9.48. The highest BCUT2D eigenvalue weighted by atomic mass is 19.1. The van der Waals surface area contributed by atoms with Crippen LogP contribution in [0.15, 0.2) is 18.3 Å². The van der Waals surface area contributed by atoms with Crippen molar-refractivity contribution < 1.29 is 14.2 Å². The van der Waals surface area contributed by atoms with Gasteiger partial charge in [-0.05, 0) is 39.7 Å². The highest BCUT2D eigenvalue weighted by Gasteiger charge is 2.29. The number of benzene rings is 1. The molecule has 0 spiro atoms. The summed E-state index contributed by atoms with van der Waals surface area (Å²) in [7, 11) is 1.41. The predicted octanol–water partition coefficient (Wildman–Crippen LogP) is 2.62. The summed E-state index contributed by atoms with van der Waals surface area (Å²) < 4.78 is 22.8. The molecule has 10 nitrogen and oxygen atoms in total. The standard InChI is InChI=1S/C23H29FN8O2/c1-13-18(11-31(28-13)23(2,3)12-33)30-7-5-6-14(10-30)20-27-21-15-8-16(24)19(34-4)9-17(15)26-22(25)32(21)29-20/h8-9,11,14,33H,5-7,10,12H2,1-4H3,(H2,25,26)/t14-/m1/s1. The topological polar surface area (TPSA) is 120 Å². The van der Waals surface area contributed by atoms with Gasteiger partial charge in [0.15, 0.2) is 23.0 Å². The van der Waals surface area contributed by atoms with Crippen LogP contribution in [-0.4, -0.2) is 61.3 Å². The van der Waals surface area contributed by atoms with Crippen molar-refractivity contribution in [2.75, 3.05) is 37.4 Å². The Morgan fingerprint density at radius 3 is 2.79 bits per heavy atom. The number of aliphatic hydroxyl groups is 1. The van der Waals surface area contributed by atoms with Crippen LogP contribution >= 0.6 is 0 Å². The van der Waals surface area contributed by atoms with Crippen molar-refractivity contribution in [1.82, 2.24) is 29.4 Å². The van der Waals surface area contributed by atoms with Gasteiger partial charge in [-0.3, -0.25) is 4.68 Å². The number of anilines is 2. The fourth-order valence-corrected chi connectivity index (χ4v) is 4.53. The van der Waals surface area contributed by atoms with Crippen LogP contribution in [0.4, 0.5) is 16.0 Å². The number of nitrogens with two attached hydrogens (primary N) is 1. The van der Waals surface area contributed by atoms with E-state index in [2.05, 4.69) is 20.1 Å². The maximum absolute atomic E-state index is 14.4. The first-order valence-electron chi connectivity index (χ1n) is 11.3.